The zero-order chi connectivity index (χ0) is 19.2. The van der Waals surface area contributed by atoms with Gasteiger partial charge in [-0.1, -0.05) is 12.1 Å². The highest BCUT2D eigenvalue weighted by atomic mass is 16.5. The SMILES string of the molecule is COc1ccc(C(CNC(=O)c2ccc(-n3cncn3)cc2)N(C)C)cc1. The summed E-state index contributed by atoms with van der Waals surface area (Å²) in [5.41, 5.74) is 2.57. The van der Waals surface area contributed by atoms with Crippen molar-refractivity contribution in [3.63, 3.8) is 0 Å². The van der Waals surface area contributed by atoms with Crippen molar-refractivity contribution in [1.82, 2.24) is 25.0 Å². The molecule has 1 atom stereocenters. The van der Waals surface area contributed by atoms with Crippen LogP contribution in [0.3, 0.4) is 0 Å². The van der Waals surface area contributed by atoms with E-state index in [0.717, 1.165) is 17.0 Å². The molecule has 0 saturated heterocycles. The summed E-state index contributed by atoms with van der Waals surface area (Å²) >= 11 is 0. The van der Waals surface area contributed by atoms with E-state index in [1.54, 1.807) is 30.3 Å². The van der Waals surface area contributed by atoms with Crippen molar-refractivity contribution < 1.29 is 9.53 Å². The van der Waals surface area contributed by atoms with E-state index in [1.165, 1.54) is 6.33 Å². The second-order valence-corrected chi connectivity index (χ2v) is 6.35. The molecule has 140 valence electrons. The predicted molar refractivity (Wildman–Crippen MR) is 103 cm³/mol. The summed E-state index contributed by atoms with van der Waals surface area (Å²) in [7, 11) is 5.63. The van der Waals surface area contributed by atoms with Crippen LogP contribution in [0.25, 0.3) is 5.69 Å². The summed E-state index contributed by atoms with van der Waals surface area (Å²) < 4.78 is 6.85. The van der Waals surface area contributed by atoms with Gasteiger partial charge in [-0.15, -0.1) is 0 Å². The second kappa shape index (κ2) is 8.46. The number of amides is 1. The summed E-state index contributed by atoms with van der Waals surface area (Å²) in [5, 5.41) is 7.09. The summed E-state index contributed by atoms with van der Waals surface area (Å²) in [4.78, 5) is 18.5. The van der Waals surface area contributed by atoms with E-state index < -0.39 is 0 Å². The molecule has 0 spiro atoms. The number of benzene rings is 2. The Bertz CT molecular complexity index is 858. The minimum absolute atomic E-state index is 0.0641. The number of nitrogens with zero attached hydrogens (tertiary/aromatic N) is 4. The molecule has 0 aliphatic rings. The van der Waals surface area contributed by atoms with Crippen molar-refractivity contribution in [2.24, 2.45) is 0 Å². The van der Waals surface area contributed by atoms with Crippen molar-refractivity contribution >= 4 is 5.91 Å². The predicted octanol–water partition coefficient (Wildman–Crippen LogP) is 2.31. The number of methoxy groups -OCH3 is 1. The molecule has 1 amide bonds. The normalized spacial score (nSPS) is 12.0. The number of carbonyl (C=O) groups excluding carboxylic acids is 1. The Morgan fingerprint density at radius 1 is 1.15 bits per heavy atom. The Labute approximate surface area is 158 Å². The second-order valence-electron chi connectivity index (χ2n) is 6.35. The lowest BCUT2D eigenvalue weighted by molar-refractivity contribution is 0.0942. The van der Waals surface area contributed by atoms with E-state index in [2.05, 4.69) is 20.3 Å². The van der Waals surface area contributed by atoms with Crippen molar-refractivity contribution in [3.8, 4) is 11.4 Å². The Kier molecular flexibility index (Phi) is 5.83. The maximum Gasteiger partial charge on any atom is 0.251 e. The third-order valence-corrected chi connectivity index (χ3v) is 4.39. The fraction of sp³-hybridized carbons (Fsp3) is 0.250. The van der Waals surface area contributed by atoms with Gasteiger partial charge in [-0.05, 0) is 56.1 Å². The van der Waals surface area contributed by atoms with E-state index in [9.17, 15) is 4.79 Å². The maximum absolute atomic E-state index is 12.5. The van der Waals surface area contributed by atoms with Gasteiger partial charge in [0.1, 0.15) is 18.4 Å². The third-order valence-electron chi connectivity index (χ3n) is 4.39. The zero-order valence-corrected chi connectivity index (χ0v) is 15.7. The summed E-state index contributed by atoms with van der Waals surface area (Å²) in [6, 6.07) is 15.2. The molecule has 7 heteroatoms. The smallest absolute Gasteiger partial charge is 0.251 e. The molecule has 0 aliphatic heterocycles. The van der Waals surface area contributed by atoms with E-state index in [1.807, 2.05) is 50.5 Å². The monoisotopic (exact) mass is 365 g/mol. The number of rotatable bonds is 7. The quantitative estimate of drug-likeness (QED) is 0.696. The highest BCUT2D eigenvalue weighted by molar-refractivity contribution is 5.94. The first kappa shape index (κ1) is 18.6. The van der Waals surface area contributed by atoms with E-state index in [-0.39, 0.29) is 11.9 Å². The van der Waals surface area contributed by atoms with Crippen LogP contribution in [0, 0.1) is 0 Å². The number of likely N-dealkylation sites (N-methyl/N-ethyl adjacent to an activating group) is 1. The molecule has 0 radical (unpaired) electrons. The van der Waals surface area contributed by atoms with Crippen LogP contribution in [-0.4, -0.2) is 53.3 Å². The van der Waals surface area contributed by atoms with Gasteiger partial charge in [-0.3, -0.25) is 4.79 Å². The van der Waals surface area contributed by atoms with Crippen LogP contribution in [0.15, 0.2) is 61.2 Å². The maximum atomic E-state index is 12.5. The fourth-order valence-electron chi connectivity index (χ4n) is 2.82. The van der Waals surface area contributed by atoms with Crippen LogP contribution in [0.5, 0.6) is 5.75 Å². The number of ether oxygens (including phenoxy) is 1. The summed E-state index contributed by atoms with van der Waals surface area (Å²) in [5.74, 6) is 0.702. The Balaban J connectivity index is 1.65. The molecular formula is C20H23N5O2. The van der Waals surface area contributed by atoms with Crippen molar-refractivity contribution in [2.75, 3.05) is 27.7 Å². The van der Waals surface area contributed by atoms with Gasteiger partial charge in [0, 0.05) is 12.1 Å². The third kappa shape index (κ3) is 4.51. The number of carbonyl (C=O) groups is 1. The molecule has 0 aliphatic carbocycles. The van der Waals surface area contributed by atoms with Crippen LogP contribution in [0.4, 0.5) is 0 Å². The Morgan fingerprint density at radius 3 is 2.41 bits per heavy atom. The van der Waals surface area contributed by atoms with E-state index >= 15 is 0 Å². The van der Waals surface area contributed by atoms with Gasteiger partial charge in [-0.2, -0.15) is 5.10 Å². The Hall–Kier alpha value is -3.19. The van der Waals surface area contributed by atoms with E-state index in [0.29, 0.717) is 12.1 Å². The van der Waals surface area contributed by atoms with Gasteiger partial charge in [0.25, 0.3) is 5.91 Å². The molecule has 1 N–H and O–H groups in total. The average Bonchev–Trinajstić information content (AvgIpc) is 3.23. The van der Waals surface area contributed by atoms with Crippen LogP contribution in [0.1, 0.15) is 22.0 Å². The largest absolute Gasteiger partial charge is 0.497 e. The summed E-state index contributed by atoms with van der Waals surface area (Å²) in [6.45, 7) is 0.503. The van der Waals surface area contributed by atoms with Gasteiger partial charge in [0.05, 0.1) is 18.8 Å². The number of aromatic nitrogens is 3. The van der Waals surface area contributed by atoms with Gasteiger partial charge in [0.2, 0.25) is 0 Å². The lowest BCUT2D eigenvalue weighted by atomic mass is 10.1. The molecule has 0 fully saturated rings. The van der Waals surface area contributed by atoms with Crippen LogP contribution < -0.4 is 10.1 Å². The van der Waals surface area contributed by atoms with Crippen LogP contribution in [0.2, 0.25) is 0 Å². The first-order chi connectivity index (χ1) is 13.1. The molecule has 0 saturated carbocycles. The van der Waals surface area contributed by atoms with Crippen LogP contribution >= 0.6 is 0 Å². The summed E-state index contributed by atoms with van der Waals surface area (Å²) in [6.07, 6.45) is 3.09. The molecular weight excluding hydrogens is 342 g/mol. The highest BCUT2D eigenvalue weighted by Gasteiger charge is 2.16. The standard InChI is InChI=1S/C20H23N5O2/c1-24(2)19(15-6-10-18(27-3)11-7-15)12-22-20(26)16-4-8-17(9-5-16)25-14-21-13-23-25/h4-11,13-14,19H,12H2,1-3H3,(H,22,26). The van der Waals surface area contributed by atoms with Crippen LogP contribution in [-0.2, 0) is 0 Å². The van der Waals surface area contributed by atoms with Crippen molar-refractivity contribution in [1.29, 1.82) is 0 Å². The first-order valence-electron chi connectivity index (χ1n) is 8.62. The molecule has 3 aromatic rings. The highest BCUT2D eigenvalue weighted by Crippen LogP contribution is 2.21. The molecule has 7 nitrogen and oxygen atoms in total. The molecule has 2 aromatic carbocycles. The molecule has 0 bridgehead atoms. The van der Waals surface area contributed by atoms with Gasteiger partial charge in [0.15, 0.2) is 0 Å². The molecule has 1 unspecified atom stereocenters. The number of nitrogens with one attached hydrogen (secondary N) is 1. The fourth-order valence-corrected chi connectivity index (χ4v) is 2.82. The van der Waals surface area contributed by atoms with Crippen molar-refractivity contribution in [2.45, 2.75) is 6.04 Å². The molecule has 27 heavy (non-hydrogen) atoms. The van der Waals surface area contributed by atoms with Crippen molar-refractivity contribution in [3.05, 3.63) is 72.3 Å². The average molecular weight is 365 g/mol. The topological polar surface area (TPSA) is 72.3 Å². The Morgan fingerprint density at radius 2 is 1.85 bits per heavy atom. The van der Waals surface area contributed by atoms with Gasteiger partial charge < -0.3 is 15.0 Å². The minimum Gasteiger partial charge on any atom is -0.497 e. The van der Waals surface area contributed by atoms with Gasteiger partial charge in [-0.25, -0.2) is 9.67 Å². The number of hydrogen-bond acceptors (Lipinski definition) is 5. The lowest BCUT2D eigenvalue weighted by Crippen LogP contribution is -2.34. The number of hydrogen-bond donors (Lipinski definition) is 1. The molecule has 1 aromatic heterocycles. The zero-order valence-electron chi connectivity index (χ0n) is 15.7. The van der Waals surface area contributed by atoms with E-state index in [4.69, 9.17) is 4.74 Å². The lowest BCUT2D eigenvalue weighted by Gasteiger charge is -2.25. The minimum atomic E-state index is -0.111. The molecule has 3 rings (SSSR count). The first-order valence-corrected chi connectivity index (χ1v) is 8.62. The molecule has 1 heterocycles. The van der Waals surface area contributed by atoms with Gasteiger partial charge >= 0.3 is 0 Å².